The second-order valence-corrected chi connectivity index (χ2v) is 8.78. The van der Waals surface area contributed by atoms with E-state index in [9.17, 15) is 9.90 Å². The Labute approximate surface area is 183 Å². The Morgan fingerprint density at radius 1 is 1.13 bits per heavy atom. The molecule has 1 saturated heterocycles. The van der Waals surface area contributed by atoms with Gasteiger partial charge in [-0.3, -0.25) is 9.20 Å². The molecular weight excluding hydrogens is 404 g/mol. The van der Waals surface area contributed by atoms with Gasteiger partial charge in [0, 0.05) is 25.9 Å². The highest BCUT2D eigenvalue weighted by molar-refractivity contribution is 6.02. The van der Waals surface area contributed by atoms with Gasteiger partial charge in [0.25, 0.3) is 5.91 Å². The fourth-order valence-corrected chi connectivity index (χ4v) is 5.62. The molecule has 1 fully saturated rings. The average Bonchev–Trinajstić information content (AvgIpc) is 3.36. The summed E-state index contributed by atoms with van der Waals surface area (Å²) in [4.78, 5) is 19.8. The van der Waals surface area contributed by atoms with Gasteiger partial charge in [-0.15, -0.1) is 12.4 Å². The lowest BCUT2D eigenvalue weighted by molar-refractivity contribution is -0.0673. The first-order chi connectivity index (χ1) is 14.1. The average molecular weight is 435 g/mol. The number of rotatable bonds is 4. The minimum absolute atomic E-state index is 0. The highest BCUT2D eigenvalue weighted by atomic mass is 35.5. The van der Waals surface area contributed by atoms with Crippen molar-refractivity contribution in [1.82, 2.24) is 9.38 Å². The summed E-state index contributed by atoms with van der Waals surface area (Å²) in [6, 6.07) is 0. The lowest BCUT2D eigenvalue weighted by Gasteiger charge is -2.41. The zero-order valence-corrected chi connectivity index (χ0v) is 18.4. The first-order valence-electron chi connectivity index (χ1n) is 10.9. The number of hydrogen-bond donors (Lipinski definition) is 2. The number of carbonyl (C=O) groups is 1. The summed E-state index contributed by atoms with van der Waals surface area (Å²) in [5.41, 5.74) is 11.6. The molecule has 5 rings (SSSR count). The Balaban J connectivity index is 0.00000218. The first-order valence-corrected chi connectivity index (χ1v) is 10.9. The molecule has 3 heterocycles. The van der Waals surface area contributed by atoms with Crippen LogP contribution in [0.25, 0.3) is 5.65 Å². The van der Waals surface area contributed by atoms with Crippen LogP contribution in [-0.4, -0.2) is 52.8 Å². The normalized spacial score (nSPS) is 20.0. The van der Waals surface area contributed by atoms with E-state index in [0.717, 1.165) is 87.8 Å². The van der Waals surface area contributed by atoms with Crippen molar-refractivity contribution < 1.29 is 14.6 Å². The number of aliphatic hydroxyl groups excluding tert-OH is 1. The molecule has 0 saturated carbocycles. The molecule has 0 bridgehead atoms. The number of aryl methyl sites for hydroxylation is 2. The lowest BCUT2D eigenvalue weighted by Crippen LogP contribution is -2.48. The quantitative estimate of drug-likeness (QED) is 0.769. The predicted octanol–water partition coefficient (Wildman–Crippen LogP) is 2.20. The maximum Gasteiger partial charge on any atom is 0.252 e. The van der Waals surface area contributed by atoms with Gasteiger partial charge >= 0.3 is 0 Å². The summed E-state index contributed by atoms with van der Waals surface area (Å²) in [5.74, 6) is 0.843. The topological polar surface area (TPSA) is 93.1 Å². The van der Waals surface area contributed by atoms with Crippen LogP contribution < -0.4 is 10.6 Å². The van der Waals surface area contributed by atoms with E-state index in [1.54, 1.807) is 7.11 Å². The van der Waals surface area contributed by atoms with Gasteiger partial charge in [-0.25, -0.2) is 4.98 Å². The number of halogens is 1. The van der Waals surface area contributed by atoms with Crippen LogP contribution in [-0.2, 0) is 30.4 Å². The number of carbonyl (C=O) groups excluding carboxylic acids is 1. The number of piperidine rings is 1. The summed E-state index contributed by atoms with van der Waals surface area (Å²) < 4.78 is 7.92. The van der Waals surface area contributed by atoms with Crippen LogP contribution in [0.2, 0.25) is 0 Å². The molecule has 2 aromatic rings. The molecular formula is C22H31ClN4O3. The molecule has 0 atom stereocenters. The van der Waals surface area contributed by atoms with Crippen LogP contribution in [0.4, 0.5) is 5.82 Å². The molecule has 8 heteroatoms. The number of primary amides is 1. The fraction of sp³-hybridized carbons (Fsp3) is 0.636. The van der Waals surface area contributed by atoms with Gasteiger partial charge in [-0.2, -0.15) is 0 Å². The molecule has 0 aromatic carbocycles. The van der Waals surface area contributed by atoms with Crippen molar-refractivity contribution in [3.63, 3.8) is 0 Å². The molecule has 0 spiro atoms. The first kappa shape index (κ1) is 21.4. The van der Waals surface area contributed by atoms with E-state index >= 15 is 0 Å². The molecule has 164 valence electrons. The number of fused-ring (bicyclic) bond motifs is 4. The third-order valence-electron chi connectivity index (χ3n) is 7.30. The van der Waals surface area contributed by atoms with E-state index in [2.05, 4.69) is 9.30 Å². The van der Waals surface area contributed by atoms with Crippen molar-refractivity contribution in [2.24, 2.45) is 5.73 Å². The van der Waals surface area contributed by atoms with E-state index in [1.807, 2.05) is 0 Å². The number of nitrogens with two attached hydrogens (primary N) is 1. The molecule has 7 nitrogen and oxygen atoms in total. The molecule has 0 radical (unpaired) electrons. The number of hydrogen-bond acceptors (Lipinski definition) is 5. The number of aliphatic hydroxyl groups is 1. The van der Waals surface area contributed by atoms with Crippen molar-refractivity contribution in [1.29, 1.82) is 0 Å². The summed E-state index contributed by atoms with van der Waals surface area (Å²) in [6.45, 7) is 1.68. The van der Waals surface area contributed by atoms with Gasteiger partial charge in [0.2, 0.25) is 0 Å². The van der Waals surface area contributed by atoms with Gasteiger partial charge in [0.1, 0.15) is 5.82 Å². The van der Waals surface area contributed by atoms with Crippen LogP contribution in [0, 0.1) is 0 Å². The molecule has 1 amide bonds. The highest BCUT2D eigenvalue weighted by Gasteiger charge is 2.37. The number of amides is 1. The van der Waals surface area contributed by atoms with Crippen molar-refractivity contribution in [3.05, 3.63) is 28.1 Å². The monoisotopic (exact) mass is 434 g/mol. The van der Waals surface area contributed by atoms with E-state index in [-0.39, 0.29) is 24.9 Å². The second-order valence-electron chi connectivity index (χ2n) is 8.78. The van der Waals surface area contributed by atoms with Gasteiger partial charge in [-0.1, -0.05) is 0 Å². The van der Waals surface area contributed by atoms with Crippen LogP contribution in [0.15, 0.2) is 0 Å². The Morgan fingerprint density at radius 3 is 2.50 bits per heavy atom. The summed E-state index contributed by atoms with van der Waals surface area (Å²) in [7, 11) is 1.69. The van der Waals surface area contributed by atoms with Gasteiger partial charge in [-0.05, 0) is 68.9 Å². The maximum atomic E-state index is 12.4. The number of pyridine rings is 1. The van der Waals surface area contributed by atoms with E-state index in [1.165, 1.54) is 17.1 Å². The van der Waals surface area contributed by atoms with Gasteiger partial charge < -0.3 is 20.5 Å². The predicted molar refractivity (Wildman–Crippen MR) is 118 cm³/mol. The van der Waals surface area contributed by atoms with E-state index in [0.29, 0.717) is 5.56 Å². The molecule has 0 unspecified atom stereocenters. The minimum atomic E-state index is -0.444. The fourth-order valence-electron chi connectivity index (χ4n) is 5.62. The largest absolute Gasteiger partial charge is 0.393 e. The van der Waals surface area contributed by atoms with Gasteiger partial charge in [0.15, 0.2) is 5.65 Å². The molecule has 2 aromatic heterocycles. The van der Waals surface area contributed by atoms with Crippen molar-refractivity contribution in [3.8, 4) is 0 Å². The molecule has 1 aliphatic heterocycles. The Kier molecular flexibility index (Phi) is 5.72. The Bertz CT molecular complexity index is 973. The Hall–Kier alpha value is -1.83. The van der Waals surface area contributed by atoms with Crippen LogP contribution in [0.5, 0.6) is 0 Å². The van der Waals surface area contributed by atoms with Crippen molar-refractivity contribution >= 4 is 29.8 Å². The standard InChI is InChI=1S/C22H30N4O3.ClH/c1-29-22(13-27)9-11-25(12-10-22)21-15-6-4-5-14(15)18(19(23)28)20-24-16-7-2-3-8-17(16)26(20)21;/h27H,2-13H2,1H3,(H2,23,28);1H. The second kappa shape index (κ2) is 8.02. The maximum absolute atomic E-state index is 12.4. The highest BCUT2D eigenvalue weighted by Crippen LogP contribution is 2.40. The molecule has 3 N–H and O–H groups in total. The number of nitrogens with zero attached hydrogens (tertiary/aromatic N) is 3. The number of anilines is 1. The molecule has 3 aliphatic rings. The lowest BCUT2D eigenvalue weighted by atomic mass is 9.91. The number of methoxy groups -OCH3 is 1. The number of imidazole rings is 1. The third-order valence-corrected chi connectivity index (χ3v) is 7.30. The summed E-state index contributed by atoms with van der Waals surface area (Å²) >= 11 is 0. The smallest absolute Gasteiger partial charge is 0.252 e. The van der Waals surface area contributed by atoms with Crippen molar-refractivity contribution in [2.75, 3.05) is 31.7 Å². The Morgan fingerprint density at radius 2 is 1.83 bits per heavy atom. The molecule has 2 aliphatic carbocycles. The molecule has 30 heavy (non-hydrogen) atoms. The third kappa shape index (κ3) is 3.10. The summed E-state index contributed by atoms with van der Waals surface area (Å²) in [6.07, 6.45) is 8.74. The zero-order valence-electron chi connectivity index (χ0n) is 17.6. The number of aromatic nitrogens is 2. The van der Waals surface area contributed by atoms with Gasteiger partial charge in [0.05, 0.1) is 23.5 Å². The van der Waals surface area contributed by atoms with Crippen LogP contribution >= 0.6 is 12.4 Å². The zero-order chi connectivity index (χ0) is 20.2. The van der Waals surface area contributed by atoms with Crippen LogP contribution in [0.3, 0.4) is 0 Å². The minimum Gasteiger partial charge on any atom is -0.393 e. The number of ether oxygens (including phenoxy) is 1. The van der Waals surface area contributed by atoms with E-state index < -0.39 is 5.60 Å². The summed E-state index contributed by atoms with van der Waals surface area (Å²) in [5, 5.41) is 9.84. The van der Waals surface area contributed by atoms with E-state index in [4.69, 9.17) is 15.5 Å². The van der Waals surface area contributed by atoms with Crippen molar-refractivity contribution in [2.45, 2.75) is 63.4 Å². The van der Waals surface area contributed by atoms with Crippen LogP contribution in [0.1, 0.15) is 65.0 Å². The SMILES string of the molecule is COC1(CO)CCN(c2c3c(c(C(N)=O)c4nc5c(n24)CCCC5)CCC3)CC1.Cl.